The van der Waals surface area contributed by atoms with Gasteiger partial charge in [-0.2, -0.15) is 0 Å². The second-order valence-electron chi connectivity index (χ2n) is 4.49. The zero-order valence-corrected chi connectivity index (χ0v) is 12.5. The summed E-state index contributed by atoms with van der Waals surface area (Å²) in [6, 6.07) is 4.29. The van der Waals surface area contributed by atoms with Crippen molar-refractivity contribution in [2.45, 2.75) is 13.0 Å². The van der Waals surface area contributed by atoms with E-state index in [1.165, 1.54) is 6.07 Å². The van der Waals surface area contributed by atoms with Crippen LogP contribution in [0.25, 0.3) is 0 Å². The van der Waals surface area contributed by atoms with Gasteiger partial charge in [-0.3, -0.25) is 0 Å². The van der Waals surface area contributed by atoms with Crippen molar-refractivity contribution < 1.29 is 18.0 Å². The van der Waals surface area contributed by atoms with E-state index in [1.54, 1.807) is 12.1 Å². The predicted molar refractivity (Wildman–Crippen MR) is 78.1 cm³/mol. The number of nitrogens with one attached hydrogen (secondary N) is 2. The van der Waals surface area contributed by atoms with Crippen LogP contribution in [-0.2, 0) is 16.6 Å². The van der Waals surface area contributed by atoms with Crippen LogP contribution in [0.5, 0.6) is 0 Å². The van der Waals surface area contributed by atoms with Gasteiger partial charge in [-0.1, -0.05) is 17.3 Å². The molecule has 0 aliphatic rings. The maximum Gasteiger partial charge on any atom is 0.208 e. The third kappa shape index (κ3) is 6.52. The summed E-state index contributed by atoms with van der Waals surface area (Å²) in [7, 11) is -3.17. The maximum atomic E-state index is 13.8. The smallest absolute Gasteiger partial charge is 0.208 e. The first-order valence-electron chi connectivity index (χ1n) is 6.25. The third-order valence-corrected chi connectivity index (χ3v) is 3.40. The molecule has 1 aromatic rings. The molecule has 21 heavy (non-hydrogen) atoms. The second-order valence-corrected chi connectivity index (χ2v) is 6.32. The lowest BCUT2D eigenvalue weighted by atomic mass is 10.1. The molecule has 0 amide bonds. The molecule has 1 aromatic carbocycles. The fourth-order valence-corrected chi connectivity index (χ4v) is 2.12. The molecule has 7 nitrogen and oxygen atoms in total. The van der Waals surface area contributed by atoms with Crippen molar-refractivity contribution >= 4 is 15.9 Å². The first-order valence-corrected chi connectivity index (χ1v) is 8.14. The number of nitrogens with zero attached hydrogens (tertiary/aromatic N) is 1. The number of oxime groups is 1. The zero-order chi connectivity index (χ0) is 15.9. The largest absolute Gasteiger partial charge is 0.409 e. The Morgan fingerprint density at radius 2 is 2.14 bits per heavy atom. The van der Waals surface area contributed by atoms with Crippen molar-refractivity contribution in [2.24, 2.45) is 10.9 Å². The molecular formula is C12H19FN4O3S. The molecule has 0 unspecified atom stereocenters. The van der Waals surface area contributed by atoms with Gasteiger partial charge in [-0.15, -0.1) is 0 Å². The van der Waals surface area contributed by atoms with Crippen molar-refractivity contribution in [1.82, 2.24) is 10.0 Å². The van der Waals surface area contributed by atoms with Crippen LogP contribution < -0.4 is 15.8 Å². The van der Waals surface area contributed by atoms with E-state index in [9.17, 15) is 12.8 Å². The molecule has 0 aliphatic heterocycles. The Hall–Kier alpha value is -1.71. The summed E-state index contributed by atoms with van der Waals surface area (Å²) in [5.41, 5.74) is 6.11. The van der Waals surface area contributed by atoms with Gasteiger partial charge in [0.25, 0.3) is 0 Å². The molecule has 0 aliphatic carbocycles. The Bertz CT molecular complexity index is 605. The van der Waals surface area contributed by atoms with Gasteiger partial charge < -0.3 is 16.3 Å². The average molecular weight is 318 g/mol. The van der Waals surface area contributed by atoms with Crippen LogP contribution in [0.2, 0.25) is 0 Å². The van der Waals surface area contributed by atoms with Crippen molar-refractivity contribution in [2.75, 3.05) is 19.3 Å². The molecule has 0 fully saturated rings. The Morgan fingerprint density at radius 3 is 2.71 bits per heavy atom. The molecular weight excluding hydrogens is 299 g/mol. The van der Waals surface area contributed by atoms with Crippen LogP contribution in [0, 0.1) is 5.82 Å². The van der Waals surface area contributed by atoms with Crippen LogP contribution in [0.3, 0.4) is 0 Å². The number of hydrogen-bond donors (Lipinski definition) is 4. The molecule has 0 saturated carbocycles. The summed E-state index contributed by atoms with van der Waals surface area (Å²) >= 11 is 0. The number of halogens is 1. The summed E-state index contributed by atoms with van der Waals surface area (Å²) in [6.45, 7) is 1.18. The quantitative estimate of drug-likeness (QED) is 0.176. The molecule has 0 spiro atoms. The lowest BCUT2D eigenvalue weighted by molar-refractivity contribution is 0.318. The highest BCUT2D eigenvalue weighted by atomic mass is 32.2. The maximum absolute atomic E-state index is 13.8. The summed E-state index contributed by atoms with van der Waals surface area (Å²) in [5, 5.41) is 14.3. The van der Waals surface area contributed by atoms with Crippen molar-refractivity contribution in [1.29, 1.82) is 0 Å². The summed E-state index contributed by atoms with van der Waals surface area (Å²) in [5.74, 6) is -0.610. The van der Waals surface area contributed by atoms with E-state index in [-0.39, 0.29) is 5.84 Å². The number of benzene rings is 1. The molecule has 0 saturated heterocycles. The minimum absolute atomic E-state index is 0.153. The van der Waals surface area contributed by atoms with Crippen molar-refractivity contribution in [3.8, 4) is 0 Å². The molecule has 0 heterocycles. The average Bonchev–Trinajstić information content (AvgIpc) is 2.42. The van der Waals surface area contributed by atoms with Gasteiger partial charge in [0, 0.05) is 24.2 Å². The Morgan fingerprint density at radius 1 is 1.43 bits per heavy atom. The molecule has 9 heteroatoms. The van der Waals surface area contributed by atoms with Crippen molar-refractivity contribution in [3.05, 3.63) is 35.1 Å². The summed E-state index contributed by atoms with van der Waals surface area (Å²) < 4.78 is 37.8. The predicted octanol–water partition coefficient (Wildman–Crippen LogP) is -0.0509. The second kappa shape index (κ2) is 7.91. The monoisotopic (exact) mass is 318 g/mol. The first-order chi connectivity index (χ1) is 9.83. The lowest BCUT2D eigenvalue weighted by Gasteiger charge is -2.08. The summed E-state index contributed by atoms with van der Waals surface area (Å²) in [6.07, 6.45) is 1.69. The summed E-state index contributed by atoms with van der Waals surface area (Å²) in [4.78, 5) is 0. The highest BCUT2D eigenvalue weighted by Gasteiger charge is 2.06. The van der Waals surface area contributed by atoms with E-state index in [2.05, 4.69) is 15.2 Å². The van der Waals surface area contributed by atoms with Gasteiger partial charge in [-0.25, -0.2) is 17.5 Å². The minimum Gasteiger partial charge on any atom is -0.409 e. The van der Waals surface area contributed by atoms with Crippen LogP contribution >= 0.6 is 0 Å². The molecule has 0 aromatic heterocycles. The lowest BCUT2D eigenvalue weighted by Crippen LogP contribution is -2.26. The van der Waals surface area contributed by atoms with Gasteiger partial charge in [0.2, 0.25) is 10.0 Å². The molecule has 118 valence electrons. The van der Waals surface area contributed by atoms with E-state index in [4.69, 9.17) is 10.9 Å². The minimum atomic E-state index is -3.17. The number of amidine groups is 1. The molecule has 0 atom stereocenters. The highest BCUT2D eigenvalue weighted by molar-refractivity contribution is 7.88. The number of hydrogen-bond acceptors (Lipinski definition) is 5. The van der Waals surface area contributed by atoms with E-state index >= 15 is 0 Å². The van der Waals surface area contributed by atoms with E-state index < -0.39 is 15.8 Å². The fourth-order valence-electron chi connectivity index (χ4n) is 1.60. The Balaban J connectivity index is 2.39. The van der Waals surface area contributed by atoms with Gasteiger partial charge in [-0.05, 0) is 19.0 Å². The first kappa shape index (κ1) is 17.3. The number of nitrogens with two attached hydrogens (primary N) is 1. The molecule has 5 N–H and O–H groups in total. The molecule has 0 radical (unpaired) electrons. The van der Waals surface area contributed by atoms with Crippen LogP contribution in [-0.4, -0.2) is 38.8 Å². The Labute approximate surface area is 123 Å². The number of sulfonamides is 1. The van der Waals surface area contributed by atoms with Crippen LogP contribution in [0.1, 0.15) is 17.5 Å². The Kier molecular flexibility index (Phi) is 6.53. The zero-order valence-electron chi connectivity index (χ0n) is 11.6. The van der Waals surface area contributed by atoms with Crippen molar-refractivity contribution in [3.63, 3.8) is 0 Å². The van der Waals surface area contributed by atoms with E-state index in [0.29, 0.717) is 37.2 Å². The van der Waals surface area contributed by atoms with Crippen LogP contribution in [0.15, 0.2) is 23.4 Å². The number of rotatable bonds is 8. The third-order valence-electron chi connectivity index (χ3n) is 2.67. The molecule has 1 rings (SSSR count). The molecule has 0 bridgehead atoms. The van der Waals surface area contributed by atoms with Gasteiger partial charge >= 0.3 is 0 Å². The topological polar surface area (TPSA) is 117 Å². The normalized spacial score (nSPS) is 12.6. The SMILES string of the molecule is CS(=O)(=O)NCCCNCc1ccc(/C(N)=N/O)cc1F. The van der Waals surface area contributed by atoms with Gasteiger partial charge in [0.15, 0.2) is 5.84 Å². The van der Waals surface area contributed by atoms with Gasteiger partial charge in [0.05, 0.1) is 6.26 Å². The highest BCUT2D eigenvalue weighted by Crippen LogP contribution is 2.10. The van der Waals surface area contributed by atoms with Crippen LogP contribution in [0.4, 0.5) is 4.39 Å². The van der Waals surface area contributed by atoms with E-state index in [0.717, 1.165) is 6.26 Å². The van der Waals surface area contributed by atoms with E-state index in [1.807, 2.05) is 0 Å². The van der Waals surface area contributed by atoms with Gasteiger partial charge in [0.1, 0.15) is 5.82 Å². The standard InChI is InChI=1S/C12H19FN4O3S/c1-21(19,20)16-6-2-5-15-8-10-4-3-9(7-11(10)13)12(14)17-18/h3-4,7,15-16,18H,2,5-6,8H2,1H3,(H2,14,17). The fraction of sp³-hybridized carbons (Fsp3) is 0.417.